The number of H-pyrrole nitrogens is 1. The Kier molecular flexibility index (Phi) is 4.36. The molecule has 5 nitrogen and oxygen atoms in total. The van der Waals surface area contributed by atoms with Crippen LogP contribution in [0, 0.1) is 0 Å². The van der Waals surface area contributed by atoms with E-state index in [4.69, 9.17) is 28.2 Å². The van der Waals surface area contributed by atoms with E-state index in [0.717, 1.165) is 28.5 Å². The summed E-state index contributed by atoms with van der Waals surface area (Å²) in [7, 11) is 0. The molecule has 27 heavy (non-hydrogen) atoms. The maximum absolute atomic E-state index is 6.03. The van der Waals surface area contributed by atoms with Gasteiger partial charge in [0, 0.05) is 26.7 Å². The van der Waals surface area contributed by atoms with Gasteiger partial charge in [-0.1, -0.05) is 35.3 Å². The molecule has 0 spiro atoms. The van der Waals surface area contributed by atoms with Crippen LogP contribution in [-0.4, -0.2) is 25.1 Å². The van der Waals surface area contributed by atoms with Crippen molar-refractivity contribution in [3.63, 3.8) is 0 Å². The van der Waals surface area contributed by atoms with E-state index in [2.05, 4.69) is 36.2 Å². The van der Waals surface area contributed by atoms with Crippen LogP contribution in [-0.2, 0) is 0 Å². The highest BCUT2D eigenvalue weighted by molar-refractivity contribution is 6.30. The predicted molar refractivity (Wildman–Crippen MR) is 112 cm³/mol. The van der Waals surface area contributed by atoms with Crippen molar-refractivity contribution in [2.75, 3.05) is 5.32 Å². The monoisotopic (exact) mass is 399 g/mol. The van der Waals surface area contributed by atoms with Gasteiger partial charge in [0.25, 0.3) is 5.78 Å². The van der Waals surface area contributed by atoms with Crippen molar-refractivity contribution in [2.45, 2.75) is 26.3 Å². The normalized spacial score (nSPS) is 11.9. The van der Waals surface area contributed by atoms with E-state index in [-0.39, 0.29) is 5.54 Å². The van der Waals surface area contributed by atoms with E-state index >= 15 is 0 Å². The van der Waals surface area contributed by atoms with Gasteiger partial charge < -0.3 is 5.32 Å². The van der Waals surface area contributed by atoms with E-state index in [1.807, 2.05) is 53.0 Å². The molecule has 2 heterocycles. The van der Waals surface area contributed by atoms with Gasteiger partial charge in [0.1, 0.15) is 5.69 Å². The molecule has 138 valence electrons. The minimum absolute atomic E-state index is 0.150. The highest BCUT2D eigenvalue weighted by Crippen LogP contribution is 2.32. The van der Waals surface area contributed by atoms with Crippen LogP contribution in [0.2, 0.25) is 10.0 Å². The van der Waals surface area contributed by atoms with Crippen molar-refractivity contribution < 1.29 is 0 Å². The van der Waals surface area contributed by atoms with Crippen LogP contribution in [0.25, 0.3) is 28.4 Å². The molecule has 0 aliphatic rings. The van der Waals surface area contributed by atoms with Gasteiger partial charge in [-0.15, -0.1) is 0 Å². The first-order valence-electron chi connectivity index (χ1n) is 8.59. The fraction of sp³-hybridized carbons (Fsp3) is 0.200. The molecule has 0 aliphatic carbocycles. The molecule has 0 fully saturated rings. The number of nitrogens with one attached hydrogen (secondary N) is 2. The summed E-state index contributed by atoms with van der Waals surface area (Å²) >= 11 is 12.0. The summed E-state index contributed by atoms with van der Waals surface area (Å²) in [5.41, 5.74) is 2.59. The molecule has 0 atom stereocenters. The molecule has 2 aromatic heterocycles. The molecule has 0 unspecified atom stereocenters. The third-order valence-corrected chi connectivity index (χ3v) is 4.52. The lowest BCUT2D eigenvalue weighted by Gasteiger charge is -2.22. The third kappa shape index (κ3) is 3.66. The van der Waals surface area contributed by atoms with Crippen molar-refractivity contribution in [1.82, 2.24) is 19.6 Å². The first kappa shape index (κ1) is 17.9. The van der Waals surface area contributed by atoms with Crippen LogP contribution < -0.4 is 5.32 Å². The molecule has 0 aliphatic heterocycles. The fourth-order valence-electron chi connectivity index (χ4n) is 2.84. The highest BCUT2D eigenvalue weighted by Gasteiger charge is 2.22. The lowest BCUT2D eigenvalue weighted by atomic mass is 10.1. The molecule has 2 aromatic carbocycles. The Morgan fingerprint density at radius 2 is 1.41 bits per heavy atom. The SMILES string of the molecule is CC(C)(C)Nc1c(-c2ccc(Cl)cc2)nc2nc(-c3ccc(Cl)cc3)[nH]n12. The van der Waals surface area contributed by atoms with Crippen molar-refractivity contribution >= 4 is 34.8 Å². The second-order valence-electron chi connectivity index (χ2n) is 7.41. The molecular weight excluding hydrogens is 381 g/mol. The number of benzene rings is 2. The second kappa shape index (κ2) is 6.59. The first-order chi connectivity index (χ1) is 12.8. The lowest BCUT2D eigenvalue weighted by Crippen LogP contribution is -2.27. The van der Waals surface area contributed by atoms with Crippen LogP contribution in [0.15, 0.2) is 48.5 Å². The minimum atomic E-state index is -0.150. The lowest BCUT2D eigenvalue weighted by molar-refractivity contribution is 0.627. The summed E-state index contributed by atoms with van der Waals surface area (Å²) in [6.45, 7) is 6.32. The van der Waals surface area contributed by atoms with E-state index < -0.39 is 0 Å². The topological polar surface area (TPSA) is 58.0 Å². The summed E-state index contributed by atoms with van der Waals surface area (Å²) in [5, 5.41) is 8.25. The number of aromatic nitrogens is 4. The molecule has 0 bridgehead atoms. The van der Waals surface area contributed by atoms with E-state index in [0.29, 0.717) is 15.8 Å². The number of rotatable bonds is 3. The van der Waals surface area contributed by atoms with Crippen molar-refractivity contribution in [1.29, 1.82) is 0 Å². The summed E-state index contributed by atoms with van der Waals surface area (Å²) < 4.78 is 1.87. The molecule has 0 radical (unpaired) electrons. The number of nitrogens with zero attached hydrogens (tertiary/aromatic N) is 3. The van der Waals surface area contributed by atoms with Gasteiger partial charge in [-0.25, -0.2) is 9.50 Å². The quantitative estimate of drug-likeness (QED) is 0.450. The third-order valence-electron chi connectivity index (χ3n) is 4.02. The van der Waals surface area contributed by atoms with Crippen LogP contribution in [0.4, 0.5) is 5.82 Å². The molecule has 4 aromatic rings. The van der Waals surface area contributed by atoms with E-state index in [1.54, 1.807) is 0 Å². The number of fused-ring (bicyclic) bond motifs is 1. The Morgan fingerprint density at radius 1 is 0.852 bits per heavy atom. The van der Waals surface area contributed by atoms with Crippen LogP contribution in [0.1, 0.15) is 20.8 Å². The van der Waals surface area contributed by atoms with Gasteiger partial charge in [0.15, 0.2) is 11.6 Å². The Morgan fingerprint density at radius 3 is 1.96 bits per heavy atom. The number of halogens is 2. The minimum Gasteiger partial charge on any atom is -0.364 e. The molecule has 0 saturated carbocycles. The Balaban J connectivity index is 1.86. The van der Waals surface area contributed by atoms with Crippen LogP contribution in [0.5, 0.6) is 0 Å². The zero-order valence-electron chi connectivity index (χ0n) is 15.2. The number of imidazole rings is 1. The predicted octanol–water partition coefficient (Wildman–Crippen LogP) is 5.91. The average Bonchev–Trinajstić information content (AvgIpc) is 3.15. The Labute approximate surface area is 167 Å². The molecule has 0 saturated heterocycles. The van der Waals surface area contributed by atoms with Crippen LogP contribution >= 0.6 is 23.2 Å². The molecule has 7 heteroatoms. The van der Waals surface area contributed by atoms with Gasteiger partial charge in [-0.3, -0.25) is 5.10 Å². The first-order valence-corrected chi connectivity index (χ1v) is 9.34. The molecule has 0 amide bonds. The zero-order valence-corrected chi connectivity index (χ0v) is 16.7. The summed E-state index contributed by atoms with van der Waals surface area (Å²) in [6.07, 6.45) is 0. The maximum Gasteiger partial charge on any atom is 0.253 e. The molecule has 4 rings (SSSR count). The average molecular weight is 400 g/mol. The van der Waals surface area contributed by atoms with E-state index in [9.17, 15) is 0 Å². The van der Waals surface area contributed by atoms with Crippen molar-refractivity contribution in [3.05, 3.63) is 58.6 Å². The largest absolute Gasteiger partial charge is 0.364 e. The molecule has 2 N–H and O–H groups in total. The van der Waals surface area contributed by atoms with Crippen molar-refractivity contribution in [2.24, 2.45) is 0 Å². The highest BCUT2D eigenvalue weighted by atomic mass is 35.5. The number of hydrogen-bond acceptors (Lipinski definition) is 3. The maximum atomic E-state index is 6.03. The summed E-state index contributed by atoms with van der Waals surface area (Å²) in [5.74, 6) is 2.18. The van der Waals surface area contributed by atoms with Gasteiger partial charge in [-0.2, -0.15) is 4.98 Å². The number of aromatic amines is 1. The number of anilines is 1. The smallest absolute Gasteiger partial charge is 0.253 e. The second-order valence-corrected chi connectivity index (χ2v) is 8.28. The standard InChI is InChI=1S/C20H19Cl2N5/c1-20(2,3)25-18-16(12-4-8-14(21)9-5-12)23-19-24-17(26-27(18)19)13-6-10-15(22)11-7-13/h4-11,25H,1-3H3,(H,23,24,26). The van der Waals surface area contributed by atoms with Gasteiger partial charge >= 0.3 is 0 Å². The van der Waals surface area contributed by atoms with E-state index in [1.165, 1.54) is 0 Å². The fourth-order valence-corrected chi connectivity index (χ4v) is 3.09. The summed E-state index contributed by atoms with van der Waals surface area (Å²) in [4.78, 5) is 9.40. The molecular formula is C20H19Cl2N5. The van der Waals surface area contributed by atoms with Crippen LogP contribution in [0.3, 0.4) is 0 Å². The van der Waals surface area contributed by atoms with Gasteiger partial charge in [0.05, 0.1) is 0 Å². The van der Waals surface area contributed by atoms with Crippen molar-refractivity contribution in [3.8, 4) is 22.6 Å². The van der Waals surface area contributed by atoms with Gasteiger partial charge in [-0.05, 0) is 57.2 Å². The zero-order chi connectivity index (χ0) is 19.2. The summed E-state index contributed by atoms with van der Waals surface area (Å²) in [6, 6.07) is 15.2. The Bertz CT molecular complexity index is 1090. The van der Waals surface area contributed by atoms with Gasteiger partial charge in [0.2, 0.25) is 0 Å². The number of hydrogen-bond donors (Lipinski definition) is 2. The Hall–Kier alpha value is -2.50.